The number of methoxy groups -OCH3 is 1. The first kappa shape index (κ1) is 18.1. The number of rotatable bonds is 5. The van der Waals surface area contributed by atoms with E-state index in [0.717, 1.165) is 11.0 Å². The number of halogens is 1. The van der Waals surface area contributed by atoms with Crippen molar-refractivity contribution in [3.05, 3.63) is 76.2 Å². The Bertz CT molecular complexity index is 1240. The van der Waals surface area contributed by atoms with Gasteiger partial charge in [0.15, 0.2) is 0 Å². The second kappa shape index (κ2) is 7.40. The first-order valence-electron chi connectivity index (χ1n) is 8.80. The molecule has 28 heavy (non-hydrogen) atoms. The summed E-state index contributed by atoms with van der Waals surface area (Å²) in [6.45, 7) is 0.260. The molecule has 2 aromatic heterocycles. The van der Waals surface area contributed by atoms with E-state index in [1.165, 1.54) is 7.11 Å². The topological polar surface area (TPSA) is 64.7 Å². The minimum Gasteiger partial charge on any atom is -0.495 e. The Morgan fingerprint density at radius 2 is 1.82 bits per heavy atom. The number of aryl methyl sites for hydroxylation is 1. The first-order valence-corrected chi connectivity index (χ1v) is 9.18. The average molecular weight is 396 g/mol. The Morgan fingerprint density at radius 3 is 2.61 bits per heavy atom. The summed E-state index contributed by atoms with van der Waals surface area (Å²) in [5.74, 6) is 0.293. The van der Waals surface area contributed by atoms with Crippen LogP contribution in [0.15, 0.2) is 65.6 Å². The van der Waals surface area contributed by atoms with Crippen molar-refractivity contribution in [2.45, 2.75) is 13.0 Å². The van der Waals surface area contributed by atoms with Crippen molar-refractivity contribution in [2.75, 3.05) is 12.4 Å². The molecule has 2 heterocycles. The van der Waals surface area contributed by atoms with Crippen LogP contribution in [0.5, 0.6) is 5.75 Å². The number of benzene rings is 2. The maximum absolute atomic E-state index is 12.9. The maximum Gasteiger partial charge on any atom is 0.275 e. The van der Waals surface area contributed by atoms with Crippen LogP contribution in [0.1, 0.15) is 6.42 Å². The molecule has 7 heteroatoms. The summed E-state index contributed by atoms with van der Waals surface area (Å²) in [6, 6.07) is 16.3. The molecular formula is C21H18ClN3O3. The first-order chi connectivity index (χ1) is 13.6. The summed E-state index contributed by atoms with van der Waals surface area (Å²) in [7, 11) is 1.53. The normalized spacial score (nSPS) is 11.1. The number of fused-ring (bicyclic) bond motifs is 3. The van der Waals surface area contributed by atoms with E-state index in [2.05, 4.69) is 5.32 Å². The third-order valence-corrected chi connectivity index (χ3v) is 4.88. The van der Waals surface area contributed by atoms with Gasteiger partial charge in [-0.15, -0.1) is 0 Å². The molecule has 0 bridgehead atoms. The lowest BCUT2D eigenvalue weighted by molar-refractivity contribution is -0.116. The third-order valence-electron chi connectivity index (χ3n) is 4.64. The highest BCUT2D eigenvalue weighted by Gasteiger charge is 2.13. The van der Waals surface area contributed by atoms with Gasteiger partial charge in [0.1, 0.15) is 11.3 Å². The van der Waals surface area contributed by atoms with Crippen LogP contribution in [-0.2, 0) is 11.3 Å². The average Bonchev–Trinajstić information content (AvgIpc) is 3.18. The highest BCUT2D eigenvalue weighted by Crippen LogP contribution is 2.27. The van der Waals surface area contributed by atoms with Crippen LogP contribution in [0.3, 0.4) is 0 Å². The van der Waals surface area contributed by atoms with E-state index >= 15 is 0 Å². The predicted octanol–water partition coefficient (Wildman–Crippen LogP) is 3.95. The molecule has 142 valence electrons. The van der Waals surface area contributed by atoms with E-state index in [-0.39, 0.29) is 24.4 Å². The number of nitrogens with zero attached hydrogens (tertiary/aromatic N) is 2. The van der Waals surface area contributed by atoms with Gasteiger partial charge in [0, 0.05) is 24.2 Å². The van der Waals surface area contributed by atoms with E-state index in [1.54, 1.807) is 28.8 Å². The lowest BCUT2D eigenvalue weighted by atomic mass is 10.2. The van der Waals surface area contributed by atoms with Crippen LogP contribution in [-0.4, -0.2) is 22.0 Å². The molecule has 0 atom stereocenters. The molecule has 2 aromatic carbocycles. The molecule has 0 saturated carbocycles. The lowest BCUT2D eigenvalue weighted by Crippen LogP contribution is -2.25. The molecule has 1 amide bonds. The standard InChI is InChI=1S/C21H18ClN3O3/c1-28-19-9-8-14(22)13-15(19)23-20(26)10-12-25-17-6-3-2-5-16(17)24-11-4-7-18(24)21(25)27/h2-9,11,13H,10,12H2,1H3,(H,23,26). The van der Waals surface area contributed by atoms with E-state index in [9.17, 15) is 9.59 Å². The van der Waals surface area contributed by atoms with Crippen LogP contribution in [0.2, 0.25) is 5.02 Å². The van der Waals surface area contributed by atoms with Gasteiger partial charge in [-0.2, -0.15) is 0 Å². The van der Waals surface area contributed by atoms with E-state index < -0.39 is 0 Å². The maximum atomic E-state index is 12.9. The number of aromatic nitrogens is 2. The summed E-state index contributed by atoms with van der Waals surface area (Å²) in [5, 5.41) is 3.30. The van der Waals surface area contributed by atoms with Crippen molar-refractivity contribution in [3.63, 3.8) is 0 Å². The Balaban J connectivity index is 1.62. The highest BCUT2D eigenvalue weighted by molar-refractivity contribution is 6.31. The summed E-state index contributed by atoms with van der Waals surface area (Å²) in [5.41, 5.74) is 2.65. The molecule has 4 aromatic rings. The predicted molar refractivity (Wildman–Crippen MR) is 110 cm³/mol. The Kier molecular flexibility index (Phi) is 4.79. The van der Waals surface area contributed by atoms with Gasteiger partial charge in [0.05, 0.1) is 23.8 Å². The molecule has 1 N–H and O–H groups in total. The van der Waals surface area contributed by atoms with Crippen LogP contribution in [0.4, 0.5) is 5.69 Å². The van der Waals surface area contributed by atoms with E-state index in [0.29, 0.717) is 22.0 Å². The molecule has 6 nitrogen and oxygen atoms in total. The number of para-hydroxylation sites is 2. The molecule has 0 aliphatic carbocycles. The van der Waals surface area contributed by atoms with Gasteiger partial charge in [-0.1, -0.05) is 23.7 Å². The summed E-state index contributed by atoms with van der Waals surface area (Å²) >= 11 is 6.01. The highest BCUT2D eigenvalue weighted by atomic mass is 35.5. The fourth-order valence-corrected chi connectivity index (χ4v) is 3.51. The number of ether oxygens (including phenoxy) is 1. The Morgan fingerprint density at radius 1 is 1.07 bits per heavy atom. The zero-order valence-electron chi connectivity index (χ0n) is 15.2. The second-order valence-corrected chi connectivity index (χ2v) is 6.79. The Labute approximate surface area is 165 Å². The molecule has 0 spiro atoms. The zero-order chi connectivity index (χ0) is 19.7. The molecule has 0 fully saturated rings. The number of anilines is 1. The largest absolute Gasteiger partial charge is 0.495 e. The number of hydrogen-bond acceptors (Lipinski definition) is 3. The van der Waals surface area contributed by atoms with E-state index in [1.807, 2.05) is 40.9 Å². The lowest BCUT2D eigenvalue weighted by Gasteiger charge is -2.13. The van der Waals surface area contributed by atoms with Crippen molar-refractivity contribution in [3.8, 4) is 5.75 Å². The van der Waals surface area contributed by atoms with Crippen molar-refractivity contribution < 1.29 is 9.53 Å². The quantitative estimate of drug-likeness (QED) is 0.556. The fourth-order valence-electron chi connectivity index (χ4n) is 3.33. The molecule has 0 saturated heterocycles. The summed E-state index contributed by atoms with van der Waals surface area (Å²) in [6.07, 6.45) is 2.00. The molecular weight excluding hydrogens is 378 g/mol. The second-order valence-electron chi connectivity index (χ2n) is 6.35. The number of carbonyl (C=O) groups excluding carboxylic acids is 1. The van der Waals surface area contributed by atoms with Crippen molar-refractivity contribution in [2.24, 2.45) is 0 Å². The van der Waals surface area contributed by atoms with Crippen molar-refractivity contribution >= 4 is 39.7 Å². The summed E-state index contributed by atoms with van der Waals surface area (Å²) in [4.78, 5) is 25.4. The minimum atomic E-state index is -0.230. The third kappa shape index (κ3) is 3.23. The SMILES string of the molecule is COc1ccc(Cl)cc1NC(=O)CCn1c(=O)c2cccn2c2ccccc21. The van der Waals surface area contributed by atoms with Gasteiger partial charge in [-0.3, -0.25) is 9.59 Å². The monoisotopic (exact) mass is 395 g/mol. The molecule has 0 aliphatic rings. The van der Waals surface area contributed by atoms with Gasteiger partial charge in [0.2, 0.25) is 5.91 Å². The van der Waals surface area contributed by atoms with Crippen molar-refractivity contribution in [1.29, 1.82) is 0 Å². The molecule has 0 radical (unpaired) electrons. The van der Waals surface area contributed by atoms with Crippen LogP contribution >= 0.6 is 11.6 Å². The number of hydrogen-bond donors (Lipinski definition) is 1. The van der Waals surface area contributed by atoms with E-state index in [4.69, 9.17) is 16.3 Å². The fraction of sp³-hybridized carbons (Fsp3) is 0.143. The molecule has 0 unspecified atom stereocenters. The zero-order valence-corrected chi connectivity index (χ0v) is 15.9. The van der Waals surface area contributed by atoms with Gasteiger partial charge in [-0.25, -0.2) is 0 Å². The summed E-state index contributed by atoms with van der Waals surface area (Å²) < 4.78 is 8.75. The van der Waals surface area contributed by atoms with Gasteiger partial charge < -0.3 is 19.0 Å². The number of nitrogens with one attached hydrogen (secondary N) is 1. The Hall–Kier alpha value is -3.25. The number of carbonyl (C=O) groups is 1. The van der Waals surface area contributed by atoms with Gasteiger partial charge in [-0.05, 0) is 42.5 Å². The molecule has 0 aliphatic heterocycles. The van der Waals surface area contributed by atoms with Crippen LogP contribution in [0, 0.1) is 0 Å². The van der Waals surface area contributed by atoms with Crippen LogP contribution < -0.4 is 15.6 Å². The molecule has 4 rings (SSSR count). The minimum absolute atomic E-state index is 0.128. The van der Waals surface area contributed by atoms with Gasteiger partial charge in [0.25, 0.3) is 5.56 Å². The number of amides is 1. The van der Waals surface area contributed by atoms with Crippen molar-refractivity contribution in [1.82, 2.24) is 8.97 Å². The van der Waals surface area contributed by atoms with Crippen LogP contribution in [0.25, 0.3) is 16.6 Å². The van der Waals surface area contributed by atoms with Gasteiger partial charge >= 0.3 is 0 Å². The smallest absolute Gasteiger partial charge is 0.275 e.